The molecule has 100 valence electrons. The molecule has 0 atom stereocenters. The topological polar surface area (TPSA) is 55.2 Å². The van der Waals surface area contributed by atoms with Crippen LogP contribution < -0.4 is 5.32 Å². The van der Waals surface area contributed by atoms with Gasteiger partial charge in [-0.2, -0.15) is 0 Å². The van der Waals surface area contributed by atoms with E-state index in [9.17, 15) is 14.5 Å². The van der Waals surface area contributed by atoms with Gasteiger partial charge in [0.25, 0.3) is 5.69 Å². The van der Waals surface area contributed by atoms with Crippen molar-refractivity contribution in [2.45, 2.75) is 20.0 Å². The number of aryl methyl sites for hydroxylation is 1. The number of nitrogens with zero attached hydrogens (tertiary/aromatic N) is 1. The zero-order chi connectivity index (χ0) is 13.8. The summed E-state index contributed by atoms with van der Waals surface area (Å²) in [5.41, 5.74) is 1.49. The Kier molecular flexibility index (Phi) is 4.24. The first-order chi connectivity index (χ1) is 9.08. The van der Waals surface area contributed by atoms with Gasteiger partial charge in [0, 0.05) is 29.6 Å². The molecule has 0 bridgehead atoms. The highest BCUT2D eigenvalue weighted by atomic mass is 32.1. The van der Waals surface area contributed by atoms with Gasteiger partial charge in [-0.15, -0.1) is 11.3 Å². The minimum Gasteiger partial charge on any atom is -0.308 e. The normalized spacial score (nSPS) is 10.6. The van der Waals surface area contributed by atoms with Crippen LogP contribution in [0.2, 0.25) is 0 Å². The average Bonchev–Trinajstić information content (AvgIpc) is 2.75. The smallest absolute Gasteiger partial charge is 0.274 e. The number of nitro groups is 1. The number of rotatable bonds is 5. The molecule has 0 aliphatic carbocycles. The zero-order valence-electron chi connectivity index (χ0n) is 10.4. The standard InChI is InChI=1S/C13H13FN2O2S/c1-9-4-5-19-13(9)8-15-7-10-6-11(14)2-3-12(10)16(17)18/h2-6,15H,7-8H2,1H3. The summed E-state index contributed by atoms with van der Waals surface area (Å²) in [6, 6.07) is 5.52. The van der Waals surface area contributed by atoms with Crippen molar-refractivity contribution < 1.29 is 9.31 Å². The van der Waals surface area contributed by atoms with Crippen molar-refractivity contribution in [3.8, 4) is 0 Å². The number of benzene rings is 1. The Balaban J connectivity index is 2.05. The van der Waals surface area contributed by atoms with Crippen LogP contribution in [-0.2, 0) is 13.1 Å². The van der Waals surface area contributed by atoms with E-state index in [2.05, 4.69) is 5.32 Å². The maximum atomic E-state index is 13.1. The lowest BCUT2D eigenvalue weighted by atomic mass is 10.1. The van der Waals surface area contributed by atoms with Crippen molar-refractivity contribution in [3.63, 3.8) is 0 Å². The predicted molar refractivity (Wildman–Crippen MR) is 72.7 cm³/mol. The van der Waals surface area contributed by atoms with E-state index < -0.39 is 10.7 Å². The van der Waals surface area contributed by atoms with E-state index in [1.807, 2.05) is 18.4 Å². The van der Waals surface area contributed by atoms with Crippen LogP contribution >= 0.6 is 11.3 Å². The first kappa shape index (κ1) is 13.6. The largest absolute Gasteiger partial charge is 0.308 e. The van der Waals surface area contributed by atoms with Crippen LogP contribution in [0.1, 0.15) is 16.0 Å². The van der Waals surface area contributed by atoms with E-state index in [0.717, 1.165) is 6.07 Å². The van der Waals surface area contributed by atoms with Crippen LogP contribution in [0.3, 0.4) is 0 Å². The van der Waals surface area contributed by atoms with Gasteiger partial charge in [-0.3, -0.25) is 10.1 Å². The Morgan fingerprint density at radius 2 is 2.16 bits per heavy atom. The van der Waals surface area contributed by atoms with E-state index in [1.165, 1.54) is 22.6 Å². The van der Waals surface area contributed by atoms with Gasteiger partial charge in [0.15, 0.2) is 0 Å². The first-order valence-corrected chi connectivity index (χ1v) is 6.62. The minimum absolute atomic E-state index is 0.0585. The molecule has 0 radical (unpaired) electrons. The monoisotopic (exact) mass is 280 g/mol. The van der Waals surface area contributed by atoms with Crippen LogP contribution in [0, 0.1) is 22.9 Å². The summed E-state index contributed by atoms with van der Waals surface area (Å²) >= 11 is 1.63. The number of thiophene rings is 1. The molecule has 2 aromatic rings. The Labute approximate surface area is 114 Å². The molecule has 0 fully saturated rings. The second-order valence-corrected chi connectivity index (χ2v) is 5.16. The molecule has 0 unspecified atom stereocenters. The summed E-state index contributed by atoms with van der Waals surface area (Å²) in [5.74, 6) is -0.463. The molecular formula is C13H13FN2O2S. The Morgan fingerprint density at radius 3 is 2.79 bits per heavy atom. The number of hydrogen-bond acceptors (Lipinski definition) is 4. The highest BCUT2D eigenvalue weighted by molar-refractivity contribution is 7.10. The summed E-state index contributed by atoms with van der Waals surface area (Å²) in [4.78, 5) is 11.5. The Hall–Kier alpha value is -1.79. The van der Waals surface area contributed by atoms with E-state index >= 15 is 0 Å². The Morgan fingerprint density at radius 1 is 1.37 bits per heavy atom. The van der Waals surface area contributed by atoms with E-state index in [-0.39, 0.29) is 12.2 Å². The lowest BCUT2D eigenvalue weighted by molar-refractivity contribution is -0.385. The fourth-order valence-corrected chi connectivity index (χ4v) is 2.65. The van der Waals surface area contributed by atoms with Gasteiger partial charge in [0.2, 0.25) is 0 Å². The summed E-state index contributed by atoms with van der Waals surface area (Å²) in [6.45, 7) is 2.90. The SMILES string of the molecule is Cc1ccsc1CNCc1cc(F)ccc1[N+](=O)[O-]. The number of halogens is 1. The molecule has 0 saturated carbocycles. The van der Waals surface area contributed by atoms with Gasteiger partial charge in [-0.25, -0.2) is 4.39 Å². The van der Waals surface area contributed by atoms with Crippen molar-refractivity contribution >= 4 is 17.0 Å². The van der Waals surface area contributed by atoms with Crippen molar-refractivity contribution in [2.24, 2.45) is 0 Å². The molecule has 6 heteroatoms. The van der Waals surface area contributed by atoms with Gasteiger partial charge >= 0.3 is 0 Å². The predicted octanol–water partition coefficient (Wildman–Crippen LogP) is 3.39. The Bertz CT molecular complexity index is 598. The van der Waals surface area contributed by atoms with Crippen molar-refractivity contribution in [2.75, 3.05) is 0 Å². The minimum atomic E-state index is -0.493. The quantitative estimate of drug-likeness (QED) is 0.674. The highest BCUT2D eigenvalue weighted by Crippen LogP contribution is 2.20. The second-order valence-electron chi connectivity index (χ2n) is 4.16. The van der Waals surface area contributed by atoms with E-state index in [4.69, 9.17) is 0 Å². The molecule has 0 aliphatic rings. The molecule has 19 heavy (non-hydrogen) atoms. The van der Waals surface area contributed by atoms with Gasteiger partial charge in [-0.05, 0) is 36.1 Å². The third kappa shape index (κ3) is 3.36. The van der Waals surface area contributed by atoms with Gasteiger partial charge < -0.3 is 5.32 Å². The molecule has 2 rings (SSSR count). The zero-order valence-corrected chi connectivity index (χ0v) is 11.2. The fourth-order valence-electron chi connectivity index (χ4n) is 1.77. The van der Waals surface area contributed by atoms with Crippen molar-refractivity contribution in [3.05, 3.63) is 61.6 Å². The van der Waals surface area contributed by atoms with Crippen LogP contribution in [0.15, 0.2) is 29.6 Å². The van der Waals surface area contributed by atoms with Gasteiger partial charge in [-0.1, -0.05) is 0 Å². The van der Waals surface area contributed by atoms with Crippen molar-refractivity contribution in [1.29, 1.82) is 0 Å². The summed E-state index contributed by atoms with van der Waals surface area (Å²) in [5, 5.41) is 15.9. The third-order valence-electron chi connectivity index (χ3n) is 2.81. The molecule has 0 saturated heterocycles. The fraction of sp³-hybridized carbons (Fsp3) is 0.231. The van der Waals surface area contributed by atoms with Gasteiger partial charge in [0.1, 0.15) is 5.82 Å². The van der Waals surface area contributed by atoms with Crippen molar-refractivity contribution in [1.82, 2.24) is 5.32 Å². The van der Waals surface area contributed by atoms with E-state index in [1.54, 1.807) is 11.3 Å². The molecule has 0 amide bonds. The maximum absolute atomic E-state index is 13.1. The summed E-state index contributed by atoms with van der Waals surface area (Å²) in [6.07, 6.45) is 0. The number of hydrogen-bond donors (Lipinski definition) is 1. The van der Waals surface area contributed by atoms with Crippen LogP contribution in [0.5, 0.6) is 0 Å². The molecule has 1 heterocycles. The molecule has 1 aromatic heterocycles. The lowest BCUT2D eigenvalue weighted by Gasteiger charge is -2.05. The van der Waals surface area contributed by atoms with Gasteiger partial charge in [0.05, 0.1) is 4.92 Å². The number of nitrogens with one attached hydrogen (secondary N) is 1. The second kappa shape index (κ2) is 5.90. The molecule has 0 spiro atoms. The van der Waals surface area contributed by atoms with Crippen LogP contribution in [0.4, 0.5) is 10.1 Å². The number of nitro benzene ring substituents is 1. The summed E-state index contributed by atoms with van der Waals surface area (Å²) < 4.78 is 13.1. The van der Waals surface area contributed by atoms with Crippen LogP contribution in [0.25, 0.3) is 0 Å². The maximum Gasteiger partial charge on any atom is 0.274 e. The summed E-state index contributed by atoms with van der Waals surface area (Å²) in [7, 11) is 0. The lowest BCUT2D eigenvalue weighted by Crippen LogP contribution is -2.13. The van der Waals surface area contributed by atoms with E-state index in [0.29, 0.717) is 12.1 Å². The average molecular weight is 280 g/mol. The first-order valence-electron chi connectivity index (χ1n) is 5.74. The molecule has 4 nitrogen and oxygen atoms in total. The molecule has 1 aromatic carbocycles. The molecule has 0 aliphatic heterocycles. The highest BCUT2D eigenvalue weighted by Gasteiger charge is 2.14. The third-order valence-corrected chi connectivity index (χ3v) is 3.83. The van der Waals surface area contributed by atoms with Crippen LogP contribution in [-0.4, -0.2) is 4.92 Å². The molecule has 1 N–H and O–H groups in total. The molecular weight excluding hydrogens is 267 g/mol.